The normalized spacial score (nSPS) is 15.2. The molecular weight excluding hydrogens is 264 g/mol. The molecule has 0 atom stereocenters. The molecule has 8 heteroatoms. The van der Waals surface area contributed by atoms with Crippen LogP contribution in [0, 0.1) is 10.1 Å². The van der Waals surface area contributed by atoms with Crippen LogP contribution in [-0.4, -0.2) is 47.2 Å². The standard InChI is InChI=1S/C12H16N4O4/c13-8-9-7-10(16(19)20)1-2-11(9)14-3-5-15(6-4-14)12(17)18/h1-2,7H,3-6,8,13H2,(H,17,18). The van der Waals surface area contributed by atoms with E-state index in [1.165, 1.54) is 17.0 Å². The SMILES string of the molecule is NCc1cc([N+](=O)[O-])ccc1N1CCN(C(=O)O)CC1. The molecular formula is C12H16N4O4. The van der Waals surface area contributed by atoms with E-state index in [0.717, 1.165) is 5.69 Å². The Hall–Kier alpha value is -2.35. The lowest BCUT2D eigenvalue weighted by Crippen LogP contribution is -2.48. The third kappa shape index (κ3) is 2.80. The van der Waals surface area contributed by atoms with Gasteiger partial charge in [-0.1, -0.05) is 0 Å². The average molecular weight is 280 g/mol. The molecule has 2 rings (SSSR count). The van der Waals surface area contributed by atoms with Crippen LogP contribution in [0.2, 0.25) is 0 Å². The van der Waals surface area contributed by atoms with Crippen molar-refractivity contribution in [3.05, 3.63) is 33.9 Å². The highest BCUT2D eigenvalue weighted by atomic mass is 16.6. The van der Waals surface area contributed by atoms with Gasteiger partial charge in [0, 0.05) is 50.5 Å². The van der Waals surface area contributed by atoms with Gasteiger partial charge in [-0.3, -0.25) is 10.1 Å². The Bertz CT molecular complexity index is 526. The fourth-order valence-corrected chi connectivity index (χ4v) is 2.30. The number of nitro benzene ring substituents is 1. The van der Waals surface area contributed by atoms with Crippen LogP contribution >= 0.6 is 0 Å². The zero-order valence-electron chi connectivity index (χ0n) is 10.9. The summed E-state index contributed by atoms with van der Waals surface area (Å²) in [6.07, 6.45) is -0.924. The van der Waals surface area contributed by atoms with E-state index in [1.807, 2.05) is 4.90 Å². The number of benzene rings is 1. The monoisotopic (exact) mass is 280 g/mol. The predicted octanol–water partition coefficient (Wildman–Crippen LogP) is 0.853. The number of hydrogen-bond donors (Lipinski definition) is 2. The summed E-state index contributed by atoms with van der Waals surface area (Å²) in [5.74, 6) is 0. The van der Waals surface area contributed by atoms with Crippen LogP contribution < -0.4 is 10.6 Å². The molecule has 20 heavy (non-hydrogen) atoms. The number of nitro groups is 1. The second-order valence-corrected chi connectivity index (χ2v) is 4.53. The number of nitrogens with two attached hydrogens (primary N) is 1. The quantitative estimate of drug-likeness (QED) is 0.627. The van der Waals surface area contributed by atoms with Gasteiger partial charge in [0.25, 0.3) is 5.69 Å². The molecule has 0 radical (unpaired) electrons. The fraction of sp³-hybridized carbons (Fsp3) is 0.417. The van der Waals surface area contributed by atoms with Crippen LogP contribution in [0.15, 0.2) is 18.2 Å². The third-order valence-corrected chi connectivity index (χ3v) is 3.38. The predicted molar refractivity (Wildman–Crippen MR) is 72.8 cm³/mol. The fourth-order valence-electron chi connectivity index (χ4n) is 2.30. The first kappa shape index (κ1) is 14.1. The zero-order valence-corrected chi connectivity index (χ0v) is 10.9. The lowest BCUT2D eigenvalue weighted by atomic mass is 10.1. The van der Waals surface area contributed by atoms with Crippen molar-refractivity contribution in [2.24, 2.45) is 5.73 Å². The van der Waals surface area contributed by atoms with Crippen molar-refractivity contribution in [1.29, 1.82) is 0 Å². The number of non-ortho nitro benzene ring substituents is 1. The van der Waals surface area contributed by atoms with Crippen LogP contribution in [0.25, 0.3) is 0 Å². The van der Waals surface area contributed by atoms with E-state index in [2.05, 4.69) is 0 Å². The first-order chi connectivity index (χ1) is 9.52. The van der Waals surface area contributed by atoms with Crippen molar-refractivity contribution in [2.75, 3.05) is 31.1 Å². The minimum absolute atomic E-state index is 0.0124. The Morgan fingerprint density at radius 2 is 2.00 bits per heavy atom. The molecule has 108 valence electrons. The molecule has 0 bridgehead atoms. The molecule has 1 amide bonds. The van der Waals surface area contributed by atoms with E-state index in [0.29, 0.717) is 31.7 Å². The summed E-state index contributed by atoms with van der Waals surface area (Å²) in [5, 5.41) is 19.7. The van der Waals surface area contributed by atoms with Gasteiger partial charge in [-0.25, -0.2) is 4.79 Å². The maximum atomic E-state index is 10.9. The van der Waals surface area contributed by atoms with Crippen molar-refractivity contribution in [2.45, 2.75) is 6.54 Å². The van der Waals surface area contributed by atoms with E-state index in [9.17, 15) is 14.9 Å². The van der Waals surface area contributed by atoms with Gasteiger partial charge in [-0.15, -0.1) is 0 Å². The molecule has 0 saturated carbocycles. The highest BCUT2D eigenvalue weighted by molar-refractivity contribution is 5.66. The van der Waals surface area contributed by atoms with Gasteiger partial charge in [0.1, 0.15) is 0 Å². The number of carboxylic acid groups (broad SMARTS) is 1. The van der Waals surface area contributed by atoms with Gasteiger partial charge in [0.2, 0.25) is 0 Å². The minimum Gasteiger partial charge on any atom is -0.465 e. The van der Waals surface area contributed by atoms with Crippen molar-refractivity contribution < 1.29 is 14.8 Å². The van der Waals surface area contributed by atoms with Gasteiger partial charge < -0.3 is 20.6 Å². The zero-order chi connectivity index (χ0) is 14.7. The smallest absolute Gasteiger partial charge is 0.407 e. The Morgan fingerprint density at radius 1 is 1.35 bits per heavy atom. The average Bonchev–Trinajstić information content (AvgIpc) is 2.46. The minimum atomic E-state index is -0.924. The molecule has 1 fully saturated rings. The first-order valence-corrected chi connectivity index (χ1v) is 6.23. The second kappa shape index (κ2) is 5.74. The van der Waals surface area contributed by atoms with Gasteiger partial charge in [-0.05, 0) is 11.6 Å². The van der Waals surface area contributed by atoms with Gasteiger partial charge in [0.05, 0.1) is 4.92 Å². The number of anilines is 1. The highest BCUT2D eigenvalue weighted by Crippen LogP contribution is 2.26. The second-order valence-electron chi connectivity index (χ2n) is 4.53. The molecule has 1 aromatic carbocycles. The van der Waals surface area contributed by atoms with Crippen LogP contribution in [0.1, 0.15) is 5.56 Å². The van der Waals surface area contributed by atoms with E-state index in [4.69, 9.17) is 10.8 Å². The molecule has 0 spiro atoms. The summed E-state index contributed by atoms with van der Waals surface area (Å²) in [4.78, 5) is 24.5. The van der Waals surface area contributed by atoms with Crippen molar-refractivity contribution >= 4 is 17.5 Å². The number of amides is 1. The van der Waals surface area contributed by atoms with E-state index in [-0.39, 0.29) is 12.2 Å². The summed E-state index contributed by atoms with van der Waals surface area (Å²) in [7, 11) is 0. The lowest BCUT2D eigenvalue weighted by Gasteiger charge is -2.35. The Balaban J connectivity index is 2.17. The first-order valence-electron chi connectivity index (χ1n) is 6.23. The molecule has 3 N–H and O–H groups in total. The summed E-state index contributed by atoms with van der Waals surface area (Å²) < 4.78 is 0. The van der Waals surface area contributed by atoms with Crippen LogP contribution in [0.5, 0.6) is 0 Å². The summed E-state index contributed by atoms with van der Waals surface area (Å²) in [6, 6.07) is 4.59. The lowest BCUT2D eigenvalue weighted by molar-refractivity contribution is -0.384. The largest absolute Gasteiger partial charge is 0.465 e. The highest BCUT2D eigenvalue weighted by Gasteiger charge is 2.22. The number of hydrogen-bond acceptors (Lipinski definition) is 5. The van der Waals surface area contributed by atoms with Crippen LogP contribution in [-0.2, 0) is 6.54 Å². The number of rotatable bonds is 3. The molecule has 1 aliphatic heterocycles. The molecule has 0 unspecified atom stereocenters. The molecule has 1 aliphatic rings. The van der Waals surface area contributed by atoms with Crippen molar-refractivity contribution in [3.8, 4) is 0 Å². The molecule has 1 heterocycles. The number of carbonyl (C=O) groups is 1. The van der Waals surface area contributed by atoms with E-state index >= 15 is 0 Å². The van der Waals surface area contributed by atoms with Crippen LogP contribution in [0.3, 0.4) is 0 Å². The Kier molecular flexibility index (Phi) is 4.04. The Morgan fingerprint density at radius 3 is 2.50 bits per heavy atom. The van der Waals surface area contributed by atoms with E-state index < -0.39 is 11.0 Å². The topological polar surface area (TPSA) is 113 Å². The molecule has 8 nitrogen and oxygen atoms in total. The van der Waals surface area contributed by atoms with Crippen molar-refractivity contribution in [1.82, 2.24) is 4.90 Å². The Labute approximate surface area is 115 Å². The number of nitrogens with zero attached hydrogens (tertiary/aromatic N) is 3. The molecule has 1 aromatic rings. The van der Waals surface area contributed by atoms with E-state index in [1.54, 1.807) is 6.07 Å². The maximum Gasteiger partial charge on any atom is 0.407 e. The summed E-state index contributed by atoms with van der Waals surface area (Å²) >= 11 is 0. The summed E-state index contributed by atoms with van der Waals surface area (Å²) in [5.41, 5.74) is 7.19. The molecule has 1 saturated heterocycles. The maximum absolute atomic E-state index is 10.9. The van der Waals surface area contributed by atoms with Crippen molar-refractivity contribution in [3.63, 3.8) is 0 Å². The van der Waals surface area contributed by atoms with Gasteiger partial charge in [0.15, 0.2) is 0 Å². The summed E-state index contributed by atoms with van der Waals surface area (Å²) in [6.45, 7) is 2.14. The number of piperazine rings is 1. The van der Waals surface area contributed by atoms with Gasteiger partial charge in [-0.2, -0.15) is 0 Å². The van der Waals surface area contributed by atoms with Gasteiger partial charge >= 0.3 is 6.09 Å². The molecule has 0 aliphatic carbocycles. The third-order valence-electron chi connectivity index (χ3n) is 3.38. The molecule has 0 aromatic heterocycles. The van der Waals surface area contributed by atoms with Crippen LogP contribution in [0.4, 0.5) is 16.2 Å².